The topological polar surface area (TPSA) is 46.3 Å². The summed E-state index contributed by atoms with van der Waals surface area (Å²) in [7, 11) is 0. The first-order valence-corrected chi connectivity index (χ1v) is 6.15. The summed E-state index contributed by atoms with van der Waals surface area (Å²) in [6.07, 6.45) is 0.427. The summed E-state index contributed by atoms with van der Waals surface area (Å²) in [6, 6.07) is 5.50. The largest absolute Gasteiger partial charge is 0.393 e. The Kier molecular flexibility index (Phi) is 3.35. The van der Waals surface area contributed by atoms with E-state index in [4.69, 9.17) is 29.6 Å². The van der Waals surface area contributed by atoms with E-state index in [1.54, 1.807) is 11.0 Å². The molecule has 0 saturated heterocycles. The van der Waals surface area contributed by atoms with Gasteiger partial charge in [-0.1, -0.05) is 36.8 Å². The minimum Gasteiger partial charge on any atom is -0.393 e. The molecule has 5 heteroatoms. The van der Waals surface area contributed by atoms with E-state index >= 15 is 0 Å². The van der Waals surface area contributed by atoms with Crippen LogP contribution in [-0.4, -0.2) is 17.4 Å². The molecule has 2 rings (SSSR count). The van der Waals surface area contributed by atoms with E-state index in [-0.39, 0.29) is 11.8 Å². The van der Waals surface area contributed by atoms with Gasteiger partial charge in [-0.2, -0.15) is 0 Å². The van der Waals surface area contributed by atoms with Gasteiger partial charge in [-0.25, -0.2) is 0 Å². The van der Waals surface area contributed by atoms with Crippen LogP contribution < -0.4 is 10.6 Å². The number of amides is 1. The average molecular weight is 269 g/mol. The van der Waals surface area contributed by atoms with Crippen LogP contribution in [0.15, 0.2) is 18.2 Å². The Labute approximate surface area is 111 Å². The maximum Gasteiger partial charge on any atom is 0.231 e. The normalized spacial score (nSPS) is 15.9. The van der Waals surface area contributed by atoms with Gasteiger partial charge in [0.25, 0.3) is 0 Å². The van der Waals surface area contributed by atoms with Gasteiger partial charge in [0.1, 0.15) is 0 Å². The number of rotatable bonds is 3. The zero-order chi connectivity index (χ0) is 12.6. The van der Waals surface area contributed by atoms with Crippen LogP contribution >= 0.6 is 23.8 Å². The summed E-state index contributed by atoms with van der Waals surface area (Å²) < 4.78 is 0. The first kappa shape index (κ1) is 12.3. The Morgan fingerprint density at radius 3 is 3.00 bits per heavy atom. The standard InChI is InChI=1S/C12H13ClN2OS/c1-7(12(14)17)6-15-10-5-9(13)3-2-8(10)4-11(15)16/h2-3,5,7H,4,6H2,1H3,(H2,14,17). The molecular weight excluding hydrogens is 256 g/mol. The molecule has 0 spiro atoms. The molecule has 1 atom stereocenters. The SMILES string of the molecule is CC(CN1C(=O)Cc2ccc(Cl)cc21)C(N)=S. The van der Waals surface area contributed by atoms with Crippen molar-refractivity contribution in [1.82, 2.24) is 0 Å². The van der Waals surface area contributed by atoms with Crippen molar-refractivity contribution in [3.05, 3.63) is 28.8 Å². The molecule has 0 fully saturated rings. The number of hydrogen-bond donors (Lipinski definition) is 1. The fourth-order valence-electron chi connectivity index (χ4n) is 1.89. The molecule has 1 aliphatic heterocycles. The van der Waals surface area contributed by atoms with E-state index in [0.29, 0.717) is 23.0 Å². The van der Waals surface area contributed by atoms with Crippen molar-refractivity contribution in [1.29, 1.82) is 0 Å². The summed E-state index contributed by atoms with van der Waals surface area (Å²) in [5, 5.41) is 0.631. The van der Waals surface area contributed by atoms with Crippen molar-refractivity contribution in [2.24, 2.45) is 11.7 Å². The molecule has 1 unspecified atom stereocenters. The monoisotopic (exact) mass is 268 g/mol. The van der Waals surface area contributed by atoms with E-state index in [9.17, 15) is 4.79 Å². The zero-order valence-electron chi connectivity index (χ0n) is 9.44. The molecule has 17 heavy (non-hydrogen) atoms. The Bertz CT molecular complexity index is 489. The van der Waals surface area contributed by atoms with Crippen molar-refractivity contribution in [2.45, 2.75) is 13.3 Å². The van der Waals surface area contributed by atoms with Gasteiger partial charge in [0.05, 0.1) is 11.4 Å². The van der Waals surface area contributed by atoms with E-state index in [1.807, 2.05) is 19.1 Å². The molecule has 0 aliphatic carbocycles. The van der Waals surface area contributed by atoms with Crippen molar-refractivity contribution in [2.75, 3.05) is 11.4 Å². The van der Waals surface area contributed by atoms with Crippen LogP contribution in [0.5, 0.6) is 0 Å². The average Bonchev–Trinajstić information content (AvgIpc) is 2.55. The van der Waals surface area contributed by atoms with E-state index in [2.05, 4.69) is 0 Å². The predicted octanol–water partition coefficient (Wildman–Crippen LogP) is 2.15. The molecule has 2 N–H and O–H groups in total. The minimum atomic E-state index is -0.00104. The van der Waals surface area contributed by atoms with Crippen LogP contribution in [0.3, 0.4) is 0 Å². The molecule has 90 valence electrons. The summed E-state index contributed by atoms with van der Waals surface area (Å²) in [5.41, 5.74) is 7.47. The van der Waals surface area contributed by atoms with Crippen molar-refractivity contribution < 1.29 is 4.79 Å². The summed E-state index contributed by atoms with van der Waals surface area (Å²) in [6.45, 7) is 2.43. The maximum atomic E-state index is 11.9. The highest BCUT2D eigenvalue weighted by atomic mass is 35.5. The van der Waals surface area contributed by atoms with Gasteiger partial charge in [-0.15, -0.1) is 0 Å². The van der Waals surface area contributed by atoms with Gasteiger partial charge in [0.15, 0.2) is 0 Å². The number of thiocarbonyl (C=S) groups is 1. The molecule has 0 bridgehead atoms. The number of carbonyl (C=O) groups is 1. The number of anilines is 1. The van der Waals surface area contributed by atoms with Gasteiger partial charge < -0.3 is 10.6 Å². The summed E-state index contributed by atoms with van der Waals surface area (Å²) >= 11 is 10.9. The Hall–Kier alpha value is -1.13. The number of halogens is 1. The quantitative estimate of drug-likeness (QED) is 0.855. The van der Waals surface area contributed by atoms with E-state index < -0.39 is 0 Å². The first-order chi connectivity index (χ1) is 7.99. The highest BCUT2D eigenvalue weighted by Crippen LogP contribution is 2.31. The van der Waals surface area contributed by atoms with Gasteiger partial charge >= 0.3 is 0 Å². The third kappa shape index (κ3) is 2.42. The van der Waals surface area contributed by atoms with Crippen LogP contribution in [-0.2, 0) is 11.2 Å². The third-order valence-corrected chi connectivity index (χ3v) is 3.56. The maximum absolute atomic E-state index is 11.9. The smallest absolute Gasteiger partial charge is 0.231 e. The Morgan fingerprint density at radius 2 is 2.35 bits per heavy atom. The molecule has 0 radical (unpaired) electrons. The fraction of sp³-hybridized carbons (Fsp3) is 0.333. The molecule has 1 amide bonds. The third-order valence-electron chi connectivity index (χ3n) is 2.92. The lowest BCUT2D eigenvalue weighted by molar-refractivity contribution is -0.117. The molecule has 0 aromatic heterocycles. The van der Waals surface area contributed by atoms with Gasteiger partial charge in [0, 0.05) is 23.2 Å². The highest BCUT2D eigenvalue weighted by Gasteiger charge is 2.28. The Morgan fingerprint density at radius 1 is 1.65 bits per heavy atom. The van der Waals surface area contributed by atoms with Crippen LogP contribution in [0.2, 0.25) is 5.02 Å². The van der Waals surface area contributed by atoms with Gasteiger partial charge in [0.2, 0.25) is 5.91 Å². The molecule has 0 saturated carbocycles. The van der Waals surface area contributed by atoms with Crippen molar-refractivity contribution in [3.8, 4) is 0 Å². The number of hydrogen-bond acceptors (Lipinski definition) is 2. The first-order valence-electron chi connectivity index (χ1n) is 5.37. The van der Waals surface area contributed by atoms with Crippen LogP contribution in [0.4, 0.5) is 5.69 Å². The molecule has 1 aromatic rings. The molecule has 1 heterocycles. The van der Waals surface area contributed by atoms with Crippen LogP contribution in [0.1, 0.15) is 12.5 Å². The van der Waals surface area contributed by atoms with Crippen LogP contribution in [0, 0.1) is 5.92 Å². The van der Waals surface area contributed by atoms with E-state index in [0.717, 1.165) is 11.3 Å². The minimum absolute atomic E-state index is 0.00104. The molecule has 1 aliphatic rings. The number of carbonyl (C=O) groups excluding carboxylic acids is 1. The second kappa shape index (κ2) is 4.63. The number of nitrogens with two attached hydrogens (primary N) is 1. The lowest BCUT2D eigenvalue weighted by atomic mass is 10.1. The van der Waals surface area contributed by atoms with Crippen LogP contribution in [0.25, 0.3) is 0 Å². The number of benzene rings is 1. The predicted molar refractivity (Wildman–Crippen MR) is 73.5 cm³/mol. The second-order valence-electron chi connectivity index (χ2n) is 4.26. The number of nitrogens with zero attached hydrogens (tertiary/aromatic N) is 1. The Balaban J connectivity index is 2.28. The highest BCUT2D eigenvalue weighted by molar-refractivity contribution is 7.80. The lowest BCUT2D eigenvalue weighted by Crippen LogP contribution is -2.35. The van der Waals surface area contributed by atoms with Gasteiger partial charge in [-0.05, 0) is 17.7 Å². The van der Waals surface area contributed by atoms with Gasteiger partial charge in [-0.3, -0.25) is 4.79 Å². The molecular formula is C12H13ClN2OS. The number of fused-ring (bicyclic) bond motifs is 1. The fourth-order valence-corrected chi connectivity index (χ4v) is 2.14. The zero-order valence-corrected chi connectivity index (χ0v) is 11.0. The second-order valence-corrected chi connectivity index (χ2v) is 5.17. The van der Waals surface area contributed by atoms with Crippen molar-refractivity contribution in [3.63, 3.8) is 0 Å². The van der Waals surface area contributed by atoms with Crippen molar-refractivity contribution >= 4 is 40.4 Å². The molecule has 3 nitrogen and oxygen atoms in total. The summed E-state index contributed by atoms with van der Waals surface area (Å²) in [5.74, 6) is 0.0734. The molecule has 1 aromatic carbocycles. The summed E-state index contributed by atoms with van der Waals surface area (Å²) in [4.78, 5) is 14.0. The lowest BCUT2D eigenvalue weighted by Gasteiger charge is -2.21. The van der Waals surface area contributed by atoms with E-state index in [1.165, 1.54) is 0 Å².